The molecule has 30 heavy (non-hydrogen) atoms. The summed E-state index contributed by atoms with van der Waals surface area (Å²) in [4.78, 5) is 14.4. The number of hydrogen-bond donors (Lipinski definition) is 1. The molecule has 0 saturated carbocycles. The molecule has 7 heteroatoms. The van der Waals surface area contributed by atoms with Crippen molar-refractivity contribution in [2.24, 2.45) is 0 Å². The predicted molar refractivity (Wildman–Crippen MR) is 121 cm³/mol. The Morgan fingerprint density at radius 1 is 1.00 bits per heavy atom. The van der Waals surface area contributed by atoms with Gasteiger partial charge in [0, 0.05) is 35.4 Å². The summed E-state index contributed by atoms with van der Waals surface area (Å²) < 4.78 is 11.1. The minimum atomic E-state index is -0.269. The smallest absolute Gasteiger partial charge is 0.248 e. The molecule has 1 N–H and O–H groups in total. The fraction of sp³-hybridized carbons (Fsp3) is 0.174. The normalized spacial score (nSPS) is 14.3. The maximum Gasteiger partial charge on any atom is 0.248 e. The molecular weight excluding hydrogens is 423 g/mol. The first-order valence-electron chi connectivity index (χ1n) is 9.55. The second-order valence-electron chi connectivity index (χ2n) is 6.80. The molecule has 1 amide bonds. The number of carbonyl (C=O) groups is 1. The lowest BCUT2D eigenvalue weighted by atomic mass is 10.2. The Bertz CT molecular complexity index is 1050. The Morgan fingerprint density at radius 2 is 1.77 bits per heavy atom. The molecule has 2 aromatic carbocycles. The van der Waals surface area contributed by atoms with Crippen LogP contribution in [-0.2, 0) is 9.53 Å². The summed E-state index contributed by atoms with van der Waals surface area (Å²) in [6.07, 6.45) is 3.05. The number of nitrogens with zero attached hydrogens (tertiary/aromatic N) is 1. The van der Waals surface area contributed by atoms with Gasteiger partial charge in [-0.05, 0) is 60.7 Å². The van der Waals surface area contributed by atoms with Crippen LogP contribution in [0.1, 0.15) is 5.76 Å². The molecule has 0 atom stereocenters. The number of nitrogens with one attached hydrogen (secondary N) is 1. The molecule has 0 bridgehead atoms. The second kappa shape index (κ2) is 9.39. The highest BCUT2D eigenvalue weighted by atomic mass is 35.5. The fourth-order valence-electron chi connectivity index (χ4n) is 3.20. The van der Waals surface area contributed by atoms with E-state index < -0.39 is 0 Å². The number of halogens is 2. The summed E-state index contributed by atoms with van der Waals surface area (Å²) in [7, 11) is 0. The summed E-state index contributed by atoms with van der Waals surface area (Å²) in [6.45, 7) is 2.98. The van der Waals surface area contributed by atoms with E-state index in [1.165, 1.54) is 6.08 Å². The molecule has 0 unspecified atom stereocenters. The Hall–Kier alpha value is -2.73. The lowest BCUT2D eigenvalue weighted by Crippen LogP contribution is -2.36. The van der Waals surface area contributed by atoms with Gasteiger partial charge in [0.25, 0.3) is 0 Å². The molecule has 1 saturated heterocycles. The molecular formula is C23H20Cl2N2O3. The van der Waals surface area contributed by atoms with Gasteiger partial charge in [0.05, 0.1) is 23.9 Å². The summed E-state index contributed by atoms with van der Waals surface area (Å²) in [5.74, 6) is 1.02. The van der Waals surface area contributed by atoms with Crippen molar-refractivity contribution < 1.29 is 13.9 Å². The molecule has 1 aromatic heterocycles. The Kier molecular flexibility index (Phi) is 6.43. The van der Waals surface area contributed by atoms with Crippen molar-refractivity contribution in [3.05, 3.63) is 76.5 Å². The van der Waals surface area contributed by atoms with E-state index in [4.69, 9.17) is 32.4 Å². The number of benzene rings is 2. The van der Waals surface area contributed by atoms with Gasteiger partial charge in [-0.25, -0.2) is 0 Å². The van der Waals surface area contributed by atoms with Crippen LogP contribution in [0.5, 0.6) is 0 Å². The molecule has 0 spiro atoms. The molecule has 1 fully saturated rings. The minimum Gasteiger partial charge on any atom is -0.457 e. The number of hydrogen-bond acceptors (Lipinski definition) is 4. The monoisotopic (exact) mass is 442 g/mol. The Balaban J connectivity index is 1.38. The van der Waals surface area contributed by atoms with E-state index >= 15 is 0 Å². The van der Waals surface area contributed by atoms with Crippen LogP contribution in [0, 0.1) is 0 Å². The predicted octanol–water partition coefficient (Wildman–Crippen LogP) is 5.74. The highest BCUT2D eigenvalue weighted by Gasteiger charge is 2.14. The SMILES string of the molecule is O=C(/C=C/c1ccc(-c2ccc(Cl)cc2)o1)Nc1ccc(N2CCOCC2)c(Cl)c1. The zero-order chi connectivity index (χ0) is 20.9. The fourth-order valence-corrected chi connectivity index (χ4v) is 3.62. The van der Waals surface area contributed by atoms with Crippen molar-refractivity contribution in [1.29, 1.82) is 0 Å². The van der Waals surface area contributed by atoms with Crippen LogP contribution in [0.2, 0.25) is 10.0 Å². The average molecular weight is 443 g/mol. The lowest BCUT2D eigenvalue weighted by molar-refractivity contribution is -0.111. The first kappa shape index (κ1) is 20.5. The lowest BCUT2D eigenvalue weighted by Gasteiger charge is -2.29. The summed E-state index contributed by atoms with van der Waals surface area (Å²) >= 11 is 12.3. The van der Waals surface area contributed by atoms with E-state index in [2.05, 4.69) is 10.2 Å². The number of carbonyl (C=O) groups excluding carboxylic acids is 1. The molecule has 154 valence electrons. The van der Waals surface area contributed by atoms with Gasteiger partial charge in [0.15, 0.2) is 0 Å². The van der Waals surface area contributed by atoms with Gasteiger partial charge >= 0.3 is 0 Å². The van der Waals surface area contributed by atoms with Gasteiger partial charge in [-0.2, -0.15) is 0 Å². The van der Waals surface area contributed by atoms with Gasteiger partial charge in [0.2, 0.25) is 5.91 Å². The van der Waals surface area contributed by atoms with Gasteiger partial charge in [-0.15, -0.1) is 0 Å². The van der Waals surface area contributed by atoms with E-state index in [1.54, 1.807) is 24.3 Å². The number of rotatable bonds is 5. The van der Waals surface area contributed by atoms with Crippen LogP contribution < -0.4 is 10.2 Å². The molecule has 5 nitrogen and oxygen atoms in total. The van der Waals surface area contributed by atoms with Crippen LogP contribution in [0.25, 0.3) is 17.4 Å². The number of morpholine rings is 1. The summed E-state index contributed by atoms with van der Waals surface area (Å²) in [6, 6.07) is 16.5. The van der Waals surface area contributed by atoms with E-state index in [1.807, 2.05) is 36.4 Å². The third kappa shape index (κ3) is 5.05. The molecule has 2 heterocycles. The summed E-state index contributed by atoms with van der Waals surface area (Å²) in [5, 5.41) is 4.08. The molecule has 0 aliphatic carbocycles. The van der Waals surface area contributed by atoms with E-state index in [9.17, 15) is 4.79 Å². The highest BCUT2D eigenvalue weighted by Crippen LogP contribution is 2.29. The average Bonchev–Trinajstić information content (AvgIpc) is 3.23. The van der Waals surface area contributed by atoms with E-state index in [-0.39, 0.29) is 5.91 Å². The third-order valence-corrected chi connectivity index (χ3v) is 5.28. The standard InChI is InChI=1S/C23H20Cl2N2O3/c24-17-3-1-16(2-4-17)22-9-6-19(30-22)7-10-23(28)26-18-5-8-21(20(25)15-18)27-11-13-29-14-12-27/h1-10,15H,11-14H2,(H,26,28)/b10-7+. The van der Waals surface area contributed by atoms with E-state index in [0.717, 1.165) is 24.3 Å². The van der Waals surface area contributed by atoms with Crippen LogP contribution >= 0.6 is 23.2 Å². The first-order chi connectivity index (χ1) is 14.6. The third-order valence-electron chi connectivity index (χ3n) is 4.72. The maximum absolute atomic E-state index is 12.3. The molecule has 0 radical (unpaired) electrons. The van der Waals surface area contributed by atoms with Crippen molar-refractivity contribution in [3.8, 4) is 11.3 Å². The zero-order valence-corrected chi connectivity index (χ0v) is 17.6. The topological polar surface area (TPSA) is 54.7 Å². The molecule has 4 rings (SSSR count). The number of anilines is 2. The van der Waals surface area contributed by atoms with Gasteiger partial charge in [-0.1, -0.05) is 23.2 Å². The second-order valence-corrected chi connectivity index (χ2v) is 7.64. The molecule has 3 aromatic rings. The first-order valence-corrected chi connectivity index (χ1v) is 10.3. The quantitative estimate of drug-likeness (QED) is 0.511. The van der Waals surface area contributed by atoms with Crippen molar-refractivity contribution in [2.75, 3.05) is 36.5 Å². The summed E-state index contributed by atoms with van der Waals surface area (Å²) in [5.41, 5.74) is 2.49. The van der Waals surface area contributed by atoms with Crippen molar-refractivity contribution in [1.82, 2.24) is 0 Å². The van der Waals surface area contributed by atoms with Crippen LogP contribution in [0.3, 0.4) is 0 Å². The molecule has 1 aliphatic heterocycles. The van der Waals surface area contributed by atoms with E-state index in [0.29, 0.717) is 40.5 Å². The number of ether oxygens (including phenoxy) is 1. The van der Waals surface area contributed by atoms with Gasteiger partial charge in [-0.3, -0.25) is 4.79 Å². The van der Waals surface area contributed by atoms with Crippen molar-refractivity contribution in [3.63, 3.8) is 0 Å². The minimum absolute atomic E-state index is 0.269. The largest absolute Gasteiger partial charge is 0.457 e. The maximum atomic E-state index is 12.3. The molecule has 1 aliphatic rings. The number of furan rings is 1. The van der Waals surface area contributed by atoms with Crippen LogP contribution in [0.15, 0.2) is 65.1 Å². The van der Waals surface area contributed by atoms with Crippen molar-refractivity contribution >= 4 is 46.6 Å². The van der Waals surface area contributed by atoms with Crippen LogP contribution in [-0.4, -0.2) is 32.2 Å². The van der Waals surface area contributed by atoms with Crippen LogP contribution in [0.4, 0.5) is 11.4 Å². The van der Waals surface area contributed by atoms with Gasteiger partial charge < -0.3 is 19.4 Å². The number of amides is 1. The highest BCUT2D eigenvalue weighted by molar-refractivity contribution is 6.33. The zero-order valence-electron chi connectivity index (χ0n) is 16.1. The Labute approximate surface area is 184 Å². The van der Waals surface area contributed by atoms with Crippen molar-refractivity contribution in [2.45, 2.75) is 0 Å². The van der Waals surface area contributed by atoms with Gasteiger partial charge in [0.1, 0.15) is 11.5 Å². The Morgan fingerprint density at radius 3 is 2.50 bits per heavy atom.